The van der Waals surface area contributed by atoms with Crippen LogP contribution < -0.4 is 14.2 Å². The summed E-state index contributed by atoms with van der Waals surface area (Å²) in [6.07, 6.45) is 9.72. The van der Waals surface area contributed by atoms with E-state index >= 15 is 0 Å². The number of aliphatic hydroxyl groups is 2. The fourth-order valence-electron chi connectivity index (χ4n) is 9.30. The highest BCUT2D eigenvalue weighted by Gasteiger charge is 2.65. The third kappa shape index (κ3) is 9.72. The molecule has 322 valence electrons. The smallest absolute Gasteiger partial charge is 0.410 e. The summed E-state index contributed by atoms with van der Waals surface area (Å²) in [5.74, 6) is 0.0291. The lowest BCUT2D eigenvalue weighted by Crippen LogP contribution is -2.70. The molecule has 6 atom stereocenters. The predicted octanol–water partition coefficient (Wildman–Crippen LogP) is 9.00. The van der Waals surface area contributed by atoms with Crippen molar-refractivity contribution in [3.8, 4) is 23.0 Å². The number of oxime groups is 1. The van der Waals surface area contributed by atoms with E-state index in [1.807, 2.05) is 55.5 Å². The van der Waals surface area contributed by atoms with Crippen LogP contribution in [0.25, 0.3) is 0 Å². The Hall–Kier alpha value is -5.17. The van der Waals surface area contributed by atoms with E-state index in [0.717, 1.165) is 48.7 Å². The maximum atomic E-state index is 14.1. The number of nitrogens with zero attached hydrogens (tertiary/aromatic N) is 2. The highest BCUT2D eigenvalue weighted by molar-refractivity contribution is 6.03. The van der Waals surface area contributed by atoms with E-state index in [9.17, 15) is 19.8 Å². The molecule has 0 saturated heterocycles. The molecule has 3 aromatic rings. The van der Waals surface area contributed by atoms with Crippen LogP contribution in [0.2, 0.25) is 0 Å². The number of ether oxygens (including phenoxy) is 5. The minimum atomic E-state index is -1.40. The largest absolute Gasteiger partial charge is 0.496 e. The van der Waals surface area contributed by atoms with Gasteiger partial charge in [0.15, 0.2) is 6.29 Å². The molecule has 12 nitrogen and oxygen atoms in total. The lowest BCUT2D eigenvalue weighted by Gasteiger charge is -2.59. The van der Waals surface area contributed by atoms with Crippen molar-refractivity contribution in [1.29, 1.82) is 0 Å². The van der Waals surface area contributed by atoms with E-state index in [2.05, 4.69) is 12.7 Å². The van der Waals surface area contributed by atoms with Crippen molar-refractivity contribution < 1.29 is 48.3 Å². The first-order valence-electron chi connectivity index (χ1n) is 21.3. The van der Waals surface area contributed by atoms with Crippen LogP contribution >= 0.6 is 0 Å². The second kappa shape index (κ2) is 21.4. The summed E-state index contributed by atoms with van der Waals surface area (Å²) >= 11 is 0. The number of aldehydes is 1. The molecule has 2 N–H and O–H groups in total. The Bertz CT molecular complexity index is 1970. The number of hydrogen-bond donors (Lipinski definition) is 2. The number of hydrogen-bond acceptors (Lipinski definition) is 11. The Morgan fingerprint density at radius 3 is 2.45 bits per heavy atom. The molecule has 0 bridgehead atoms. The van der Waals surface area contributed by atoms with Crippen LogP contribution in [0.15, 0.2) is 96.2 Å². The van der Waals surface area contributed by atoms with Gasteiger partial charge in [-0.15, -0.1) is 6.58 Å². The number of aliphatic hydroxyl groups excluding tert-OH is 2. The maximum absolute atomic E-state index is 14.1. The molecule has 1 fully saturated rings. The first-order valence-corrected chi connectivity index (χ1v) is 21.3. The van der Waals surface area contributed by atoms with Crippen molar-refractivity contribution in [3.05, 3.63) is 108 Å². The average molecular weight is 825 g/mol. The molecule has 0 aromatic heterocycles. The van der Waals surface area contributed by atoms with Gasteiger partial charge in [0.2, 0.25) is 5.79 Å². The summed E-state index contributed by atoms with van der Waals surface area (Å²) in [6, 6.07) is 20.0. The van der Waals surface area contributed by atoms with Crippen molar-refractivity contribution >= 4 is 18.1 Å². The number of amides is 1. The van der Waals surface area contributed by atoms with E-state index < -0.39 is 23.8 Å². The summed E-state index contributed by atoms with van der Waals surface area (Å²) in [4.78, 5) is 33.9. The molecule has 1 amide bonds. The van der Waals surface area contributed by atoms with Gasteiger partial charge in [-0.1, -0.05) is 67.4 Å². The van der Waals surface area contributed by atoms with Gasteiger partial charge in [-0.3, -0.25) is 9.69 Å². The Balaban J connectivity index is 1.57. The number of carbonyl (C=O) groups is 2. The van der Waals surface area contributed by atoms with Gasteiger partial charge in [0.1, 0.15) is 35.6 Å². The first-order chi connectivity index (χ1) is 29.4. The zero-order chi connectivity index (χ0) is 42.5. The van der Waals surface area contributed by atoms with Crippen LogP contribution in [0.1, 0.15) is 92.6 Å². The molecule has 60 heavy (non-hydrogen) atoms. The zero-order valence-corrected chi connectivity index (χ0v) is 35.1. The molecule has 0 radical (unpaired) electrons. The van der Waals surface area contributed by atoms with Gasteiger partial charge in [0, 0.05) is 37.7 Å². The van der Waals surface area contributed by atoms with E-state index in [0.29, 0.717) is 60.1 Å². The fourth-order valence-corrected chi connectivity index (χ4v) is 9.30. The number of carbonyl (C=O) groups excluding carboxylic acids is 2. The van der Waals surface area contributed by atoms with E-state index in [1.54, 1.807) is 36.1 Å². The van der Waals surface area contributed by atoms with E-state index in [4.69, 9.17) is 33.7 Å². The number of unbranched alkanes of at least 4 members (excludes halogenated alkanes) is 2. The van der Waals surface area contributed by atoms with Gasteiger partial charge in [-0.05, 0) is 98.4 Å². The van der Waals surface area contributed by atoms with Crippen LogP contribution in [-0.2, 0) is 20.9 Å². The van der Waals surface area contributed by atoms with Crippen molar-refractivity contribution in [2.45, 2.75) is 89.6 Å². The Morgan fingerprint density at radius 1 is 1.00 bits per heavy atom. The molecule has 12 heteroatoms. The van der Waals surface area contributed by atoms with Crippen molar-refractivity contribution in [2.75, 3.05) is 40.1 Å². The molecule has 6 rings (SSSR count). The predicted molar refractivity (Wildman–Crippen MR) is 229 cm³/mol. The summed E-state index contributed by atoms with van der Waals surface area (Å²) in [5, 5.41) is 24.7. The minimum Gasteiger partial charge on any atom is -0.496 e. The summed E-state index contributed by atoms with van der Waals surface area (Å²) in [5.41, 5.74) is 3.88. The molecule has 1 heterocycles. The number of rotatable bonds is 22. The van der Waals surface area contributed by atoms with Gasteiger partial charge in [0.05, 0.1) is 37.5 Å². The molecular formula is C48H60N2O10. The standard InChI is InChI=1S/C48H60N2O10/c1-5-23-50(47(54)56-7-3)44-30-41(49-58-32-33-15-9-8-10-16-33)39-28-34(17-11-13-24-51)38(18-12-14-25-52)45-40-29-37(59-36-19-21-42(55-4)35(27-36)31-53)20-22-43(40)60-48(44,46(39)45)57-26-6-2/h6,8-10,15-16,19-22,27-29,31,34,38,44-46,51-52H,2,5,7,11-14,17-18,23-26,30,32H2,1,3-4H3. The van der Waals surface area contributed by atoms with E-state index in [1.165, 1.54) is 7.11 Å². The molecule has 0 spiro atoms. The minimum absolute atomic E-state index is 0.0312. The number of benzene rings is 3. The fraction of sp³-hybridized carbons (Fsp3) is 0.479. The molecule has 1 aliphatic heterocycles. The lowest BCUT2D eigenvalue weighted by molar-refractivity contribution is -0.255. The van der Waals surface area contributed by atoms with Crippen LogP contribution in [0.4, 0.5) is 4.79 Å². The maximum Gasteiger partial charge on any atom is 0.410 e. The number of methoxy groups -OCH3 is 1. The third-order valence-corrected chi connectivity index (χ3v) is 11.8. The monoisotopic (exact) mass is 824 g/mol. The highest BCUT2D eigenvalue weighted by Crippen LogP contribution is 2.62. The van der Waals surface area contributed by atoms with Gasteiger partial charge in [-0.25, -0.2) is 4.79 Å². The average Bonchev–Trinajstić information content (AvgIpc) is 3.26. The van der Waals surface area contributed by atoms with Gasteiger partial charge in [-0.2, -0.15) is 0 Å². The van der Waals surface area contributed by atoms with Crippen molar-refractivity contribution in [2.24, 2.45) is 22.9 Å². The molecule has 3 aliphatic rings. The Morgan fingerprint density at radius 2 is 1.75 bits per heavy atom. The molecule has 3 aromatic carbocycles. The Labute approximate surface area is 353 Å². The number of allylic oxidation sites excluding steroid dienone is 1. The van der Waals surface area contributed by atoms with Crippen LogP contribution in [0, 0.1) is 17.8 Å². The molecule has 6 unspecified atom stereocenters. The first kappa shape index (κ1) is 44.4. The second-order valence-electron chi connectivity index (χ2n) is 15.5. The van der Waals surface area contributed by atoms with Gasteiger partial charge < -0.3 is 38.7 Å². The van der Waals surface area contributed by atoms with E-state index in [-0.39, 0.29) is 57.2 Å². The zero-order valence-electron chi connectivity index (χ0n) is 35.1. The SMILES string of the molecule is C=CCOC12Oc3ccc(Oc4ccc(OC)c(C=O)c4)cc3C3C(CCCCO)C(CCCCO)C=C(C(=NOCc4ccccc4)CC1N(CCC)C(=O)OCC)C32. The molecular weight excluding hydrogens is 765 g/mol. The lowest BCUT2D eigenvalue weighted by atomic mass is 9.55. The molecule has 2 aliphatic carbocycles. The van der Waals surface area contributed by atoms with Crippen LogP contribution in [0.5, 0.6) is 23.0 Å². The van der Waals surface area contributed by atoms with Crippen LogP contribution in [0.3, 0.4) is 0 Å². The van der Waals surface area contributed by atoms with Crippen LogP contribution in [-0.4, -0.2) is 85.1 Å². The summed E-state index contributed by atoms with van der Waals surface area (Å²) in [6.45, 7) is 8.98. The van der Waals surface area contributed by atoms with Gasteiger partial charge >= 0.3 is 6.09 Å². The third-order valence-electron chi connectivity index (χ3n) is 11.8. The van der Waals surface area contributed by atoms with Crippen molar-refractivity contribution in [1.82, 2.24) is 4.90 Å². The Kier molecular flexibility index (Phi) is 15.8. The summed E-state index contributed by atoms with van der Waals surface area (Å²) < 4.78 is 31.8. The number of fused-ring (bicyclic) bond motifs is 2. The topological polar surface area (TPSA) is 146 Å². The molecule has 1 saturated carbocycles. The van der Waals surface area contributed by atoms with Gasteiger partial charge in [0.25, 0.3) is 0 Å². The van der Waals surface area contributed by atoms with Crippen molar-refractivity contribution in [3.63, 3.8) is 0 Å². The summed E-state index contributed by atoms with van der Waals surface area (Å²) in [7, 11) is 1.52. The second-order valence-corrected chi connectivity index (χ2v) is 15.5. The highest BCUT2D eigenvalue weighted by atomic mass is 16.7. The normalized spacial score (nSPS) is 23.3. The quantitative estimate of drug-likeness (QED) is 0.0436.